The molecule has 0 unspecified atom stereocenters. The van der Waals surface area contributed by atoms with Gasteiger partial charge in [-0.25, -0.2) is 14.4 Å². The standard InChI is InChI=1S/C10H12FN5/c11-6-1-2-7(3-6)15-9-8-4-14-16-10(8)13-5-12-9/h4-7H,1-3H2,(H2,12,13,14,15,16)/t6-,7+/m0/s1. The Kier molecular flexibility index (Phi) is 2.19. The van der Waals surface area contributed by atoms with Gasteiger partial charge in [-0.2, -0.15) is 5.10 Å². The van der Waals surface area contributed by atoms with Crippen LogP contribution in [0.1, 0.15) is 19.3 Å². The van der Waals surface area contributed by atoms with E-state index in [4.69, 9.17) is 0 Å². The number of aromatic amines is 1. The number of nitrogens with zero attached hydrogens (tertiary/aromatic N) is 3. The highest BCUT2D eigenvalue weighted by molar-refractivity contribution is 5.85. The molecule has 6 heteroatoms. The van der Waals surface area contributed by atoms with Crippen LogP contribution in [-0.2, 0) is 0 Å². The molecule has 0 bridgehead atoms. The fraction of sp³-hybridized carbons (Fsp3) is 0.500. The molecule has 5 nitrogen and oxygen atoms in total. The summed E-state index contributed by atoms with van der Waals surface area (Å²) in [6.45, 7) is 0. The summed E-state index contributed by atoms with van der Waals surface area (Å²) in [6, 6.07) is 0.169. The zero-order valence-corrected chi connectivity index (χ0v) is 8.65. The van der Waals surface area contributed by atoms with E-state index in [1.54, 1.807) is 6.20 Å². The summed E-state index contributed by atoms with van der Waals surface area (Å²) in [5, 5.41) is 10.8. The summed E-state index contributed by atoms with van der Waals surface area (Å²) in [5.74, 6) is 0.734. The zero-order valence-electron chi connectivity index (χ0n) is 8.65. The zero-order chi connectivity index (χ0) is 11.0. The maximum Gasteiger partial charge on any atom is 0.160 e. The highest BCUT2D eigenvalue weighted by Gasteiger charge is 2.24. The molecule has 3 rings (SSSR count). The SMILES string of the molecule is F[C@H]1CC[C@@H](Nc2ncnc3[nH]ncc23)C1. The third-order valence-corrected chi connectivity index (χ3v) is 2.96. The van der Waals surface area contributed by atoms with Crippen LogP contribution in [0.3, 0.4) is 0 Å². The van der Waals surface area contributed by atoms with E-state index in [1.807, 2.05) is 0 Å². The first kappa shape index (κ1) is 9.50. The number of H-pyrrole nitrogens is 1. The minimum absolute atomic E-state index is 0.169. The molecule has 2 atom stereocenters. The quantitative estimate of drug-likeness (QED) is 0.809. The minimum atomic E-state index is -0.681. The smallest absolute Gasteiger partial charge is 0.160 e. The van der Waals surface area contributed by atoms with E-state index >= 15 is 0 Å². The van der Waals surface area contributed by atoms with E-state index in [0.29, 0.717) is 18.5 Å². The van der Waals surface area contributed by atoms with Gasteiger partial charge in [0.25, 0.3) is 0 Å². The fourth-order valence-corrected chi connectivity index (χ4v) is 2.13. The molecule has 2 aromatic heterocycles. The van der Waals surface area contributed by atoms with Crippen LogP contribution in [0.15, 0.2) is 12.5 Å². The first-order valence-corrected chi connectivity index (χ1v) is 5.37. The van der Waals surface area contributed by atoms with Crippen LogP contribution < -0.4 is 5.32 Å². The van der Waals surface area contributed by atoms with Gasteiger partial charge in [-0.1, -0.05) is 0 Å². The highest BCUT2D eigenvalue weighted by Crippen LogP contribution is 2.26. The Hall–Kier alpha value is -1.72. The van der Waals surface area contributed by atoms with Crippen LogP contribution in [0.2, 0.25) is 0 Å². The Labute approximate surface area is 91.5 Å². The van der Waals surface area contributed by atoms with Crippen molar-refractivity contribution >= 4 is 16.9 Å². The van der Waals surface area contributed by atoms with Gasteiger partial charge in [-0.15, -0.1) is 0 Å². The van der Waals surface area contributed by atoms with Gasteiger partial charge in [0.1, 0.15) is 18.3 Å². The summed E-state index contributed by atoms with van der Waals surface area (Å²) in [7, 11) is 0. The monoisotopic (exact) mass is 221 g/mol. The normalized spacial score (nSPS) is 25.1. The molecule has 0 saturated heterocycles. The number of rotatable bonds is 2. The average Bonchev–Trinajstić information content (AvgIpc) is 2.87. The van der Waals surface area contributed by atoms with Crippen LogP contribution in [-0.4, -0.2) is 32.4 Å². The molecule has 2 N–H and O–H groups in total. The summed E-state index contributed by atoms with van der Waals surface area (Å²) < 4.78 is 13.0. The maximum atomic E-state index is 13.0. The lowest BCUT2D eigenvalue weighted by atomic mass is 10.2. The largest absolute Gasteiger partial charge is 0.367 e. The Balaban J connectivity index is 1.86. The second-order valence-corrected chi connectivity index (χ2v) is 4.11. The molecule has 84 valence electrons. The molecule has 0 aliphatic heterocycles. The number of hydrogen-bond acceptors (Lipinski definition) is 4. The second-order valence-electron chi connectivity index (χ2n) is 4.11. The minimum Gasteiger partial charge on any atom is -0.367 e. The van der Waals surface area contributed by atoms with Crippen molar-refractivity contribution in [3.63, 3.8) is 0 Å². The van der Waals surface area contributed by atoms with Gasteiger partial charge in [0.2, 0.25) is 0 Å². The first-order valence-electron chi connectivity index (χ1n) is 5.37. The number of nitrogens with one attached hydrogen (secondary N) is 2. The lowest BCUT2D eigenvalue weighted by Gasteiger charge is -2.12. The Bertz CT molecular complexity index is 497. The third-order valence-electron chi connectivity index (χ3n) is 2.96. The lowest BCUT2D eigenvalue weighted by Crippen LogP contribution is -2.16. The van der Waals surface area contributed by atoms with Crippen molar-refractivity contribution in [2.45, 2.75) is 31.5 Å². The predicted molar refractivity (Wildman–Crippen MR) is 57.8 cm³/mol. The molecule has 0 radical (unpaired) electrons. The highest BCUT2D eigenvalue weighted by atomic mass is 19.1. The number of hydrogen-bond donors (Lipinski definition) is 2. The molecule has 0 spiro atoms. The van der Waals surface area contributed by atoms with E-state index in [1.165, 1.54) is 6.33 Å². The summed E-state index contributed by atoms with van der Waals surface area (Å²) in [4.78, 5) is 8.21. The van der Waals surface area contributed by atoms with Crippen LogP contribution >= 0.6 is 0 Å². The van der Waals surface area contributed by atoms with Crippen LogP contribution in [0, 0.1) is 0 Å². The van der Waals surface area contributed by atoms with Crippen molar-refractivity contribution in [3.05, 3.63) is 12.5 Å². The van der Waals surface area contributed by atoms with Gasteiger partial charge in [0, 0.05) is 6.04 Å². The van der Waals surface area contributed by atoms with Crippen LogP contribution in [0.5, 0.6) is 0 Å². The number of halogens is 1. The van der Waals surface area contributed by atoms with Gasteiger partial charge in [0.15, 0.2) is 5.65 Å². The molecule has 2 heterocycles. The Morgan fingerprint density at radius 1 is 1.38 bits per heavy atom. The van der Waals surface area contributed by atoms with Crippen molar-refractivity contribution in [3.8, 4) is 0 Å². The van der Waals surface area contributed by atoms with Crippen LogP contribution in [0.25, 0.3) is 11.0 Å². The molecule has 0 amide bonds. The average molecular weight is 221 g/mol. The lowest BCUT2D eigenvalue weighted by molar-refractivity contribution is 0.341. The van der Waals surface area contributed by atoms with Gasteiger partial charge < -0.3 is 5.32 Å². The summed E-state index contributed by atoms with van der Waals surface area (Å²) >= 11 is 0. The molecule has 0 aromatic carbocycles. The van der Waals surface area contributed by atoms with Gasteiger partial charge in [0.05, 0.1) is 11.6 Å². The molecular formula is C10H12FN5. The number of anilines is 1. The topological polar surface area (TPSA) is 66.5 Å². The van der Waals surface area contributed by atoms with Crippen LogP contribution in [0.4, 0.5) is 10.2 Å². The second kappa shape index (κ2) is 3.70. The molecule has 1 saturated carbocycles. The van der Waals surface area contributed by atoms with E-state index in [9.17, 15) is 4.39 Å². The van der Waals surface area contributed by atoms with E-state index < -0.39 is 6.17 Å². The maximum absolute atomic E-state index is 13.0. The van der Waals surface area contributed by atoms with Crippen molar-refractivity contribution in [1.29, 1.82) is 0 Å². The number of fused-ring (bicyclic) bond motifs is 1. The number of alkyl halides is 1. The van der Waals surface area contributed by atoms with Crippen molar-refractivity contribution in [2.24, 2.45) is 0 Å². The number of aromatic nitrogens is 4. The van der Waals surface area contributed by atoms with Gasteiger partial charge in [-0.05, 0) is 19.3 Å². The van der Waals surface area contributed by atoms with E-state index in [2.05, 4.69) is 25.5 Å². The summed E-state index contributed by atoms with van der Waals surface area (Å²) in [6.07, 6.45) is 4.52. The summed E-state index contributed by atoms with van der Waals surface area (Å²) in [5.41, 5.74) is 0.701. The predicted octanol–water partition coefficient (Wildman–Crippen LogP) is 1.66. The molecule has 2 aromatic rings. The Morgan fingerprint density at radius 3 is 3.12 bits per heavy atom. The molecular weight excluding hydrogens is 209 g/mol. The van der Waals surface area contributed by atoms with Gasteiger partial charge in [-0.3, -0.25) is 5.10 Å². The molecule has 16 heavy (non-hydrogen) atoms. The van der Waals surface area contributed by atoms with E-state index in [0.717, 1.165) is 17.6 Å². The van der Waals surface area contributed by atoms with Crippen molar-refractivity contribution in [1.82, 2.24) is 20.2 Å². The fourth-order valence-electron chi connectivity index (χ4n) is 2.13. The Morgan fingerprint density at radius 2 is 2.31 bits per heavy atom. The van der Waals surface area contributed by atoms with Crippen molar-refractivity contribution < 1.29 is 4.39 Å². The first-order chi connectivity index (χ1) is 7.83. The molecule has 1 aliphatic carbocycles. The molecule has 1 aliphatic rings. The van der Waals surface area contributed by atoms with Gasteiger partial charge >= 0.3 is 0 Å². The van der Waals surface area contributed by atoms with Crippen molar-refractivity contribution in [2.75, 3.05) is 5.32 Å². The molecule has 1 fully saturated rings. The van der Waals surface area contributed by atoms with E-state index in [-0.39, 0.29) is 6.04 Å². The third kappa shape index (κ3) is 1.60.